The van der Waals surface area contributed by atoms with E-state index in [0.717, 1.165) is 5.56 Å². The van der Waals surface area contributed by atoms with Crippen molar-refractivity contribution in [1.82, 2.24) is 9.21 Å². The molecule has 2 aromatic rings. The highest BCUT2D eigenvalue weighted by molar-refractivity contribution is 7.89. The fourth-order valence-corrected chi connectivity index (χ4v) is 5.62. The van der Waals surface area contributed by atoms with Crippen molar-refractivity contribution in [3.8, 4) is 11.5 Å². The molecule has 2 aliphatic rings. The van der Waals surface area contributed by atoms with E-state index < -0.39 is 10.0 Å². The number of hydrogen-bond acceptors (Lipinski definition) is 5. The largest absolute Gasteiger partial charge is 0.486 e. The molecule has 2 aromatic carbocycles. The van der Waals surface area contributed by atoms with Crippen molar-refractivity contribution in [3.63, 3.8) is 0 Å². The number of fused-ring (bicyclic) bond motifs is 1. The Bertz CT molecular complexity index is 1080. The maximum Gasteiger partial charge on any atom is 0.243 e. The van der Waals surface area contributed by atoms with Gasteiger partial charge < -0.3 is 14.4 Å². The van der Waals surface area contributed by atoms with Crippen LogP contribution in [0.25, 0.3) is 0 Å². The fraction of sp³-hybridized carbons (Fsp3) is 0.435. The van der Waals surface area contributed by atoms with Crippen molar-refractivity contribution < 1.29 is 27.1 Å². The van der Waals surface area contributed by atoms with Gasteiger partial charge in [0.2, 0.25) is 15.9 Å². The van der Waals surface area contributed by atoms with E-state index in [9.17, 15) is 17.6 Å². The van der Waals surface area contributed by atoms with Gasteiger partial charge in [0, 0.05) is 38.2 Å². The summed E-state index contributed by atoms with van der Waals surface area (Å²) < 4.78 is 52.1. The van der Waals surface area contributed by atoms with Gasteiger partial charge in [0.15, 0.2) is 11.5 Å². The van der Waals surface area contributed by atoms with E-state index in [1.165, 1.54) is 28.6 Å². The maximum atomic E-state index is 13.5. The lowest BCUT2D eigenvalue weighted by atomic mass is 9.96. The fourth-order valence-electron chi connectivity index (χ4n) is 4.14. The number of benzene rings is 2. The van der Waals surface area contributed by atoms with Gasteiger partial charge in [0.1, 0.15) is 19.0 Å². The number of nitrogens with zero attached hydrogens (tertiary/aromatic N) is 2. The third kappa shape index (κ3) is 4.73. The Morgan fingerprint density at radius 3 is 2.50 bits per heavy atom. The minimum atomic E-state index is -3.69. The van der Waals surface area contributed by atoms with E-state index in [2.05, 4.69) is 0 Å². The van der Waals surface area contributed by atoms with Crippen LogP contribution in [0.4, 0.5) is 4.39 Å². The number of piperidine rings is 1. The second-order valence-corrected chi connectivity index (χ2v) is 9.90. The van der Waals surface area contributed by atoms with Gasteiger partial charge in [-0.25, -0.2) is 12.8 Å². The maximum absolute atomic E-state index is 13.5. The monoisotopic (exact) mass is 462 g/mol. The van der Waals surface area contributed by atoms with Gasteiger partial charge in [-0.15, -0.1) is 0 Å². The van der Waals surface area contributed by atoms with Crippen LogP contribution < -0.4 is 9.47 Å². The minimum absolute atomic E-state index is 0.0202. The molecule has 0 radical (unpaired) electrons. The van der Waals surface area contributed by atoms with Gasteiger partial charge in [-0.3, -0.25) is 4.79 Å². The van der Waals surface area contributed by atoms with Crippen LogP contribution >= 0.6 is 0 Å². The lowest BCUT2D eigenvalue weighted by Crippen LogP contribution is -2.44. The summed E-state index contributed by atoms with van der Waals surface area (Å²) in [5, 5.41) is 0. The van der Waals surface area contributed by atoms with Crippen LogP contribution in [0.5, 0.6) is 11.5 Å². The quantitative estimate of drug-likeness (QED) is 0.660. The molecule has 32 heavy (non-hydrogen) atoms. The lowest BCUT2D eigenvalue weighted by Gasteiger charge is -2.33. The Labute approximate surface area is 187 Å². The summed E-state index contributed by atoms with van der Waals surface area (Å²) in [6.07, 6.45) is 0.893. The first-order chi connectivity index (χ1) is 15.4. The van der Waals surface area contributed by atoms with Crippen LogP contribution in [0, 0.1) is 11.7 Å². The molecule has 4 rings (SSSR count). The van der Waals surface area contributed by atoms with Crippen LogP contribution in [0.2, 0.25) is 0 Å². The highest BCUT2D eigenvalue weighted by Crippen LogP contribution is 2.34. The zero-order valence-corrected chi connectivity index (χ0v) is 18.8. The van der Waals surface area contributed by atoms with E-state index in [1.54, 1.807) is 23.1 Å². The Balaban J connectivity index is 1.40. The van der Waals surface area contributed by atoms with Crippen LogP contribution in [0.3, 0.4) is 0 Å². The van der Waals surface area contributed by atoms with Crippen LogP contribution in [0.1, 0.15) is 25.3 Å². The molecule has 0 N–H and O–H groups in total. The number of carbonyl (C=O) groups excluding carboxylic acids is 1. The molecular formula is C23H27FN2O5S. The van der Waals surface area contributed by atoms with E-state index in [-0.39, 0.29) is 35.6 Å². The number of halogens is 1. The first kappa shape index (κ1) is 22.5. The van der Waals surface area contributed by atoms with E-state index >= 15 is 0 Å². The van der Waals surface area contributed by atoms with Gasteiger partial charge in [0.05, 0.1) is 4.90 Å². The Hall–Kier alpha value is -2.65. The Morgan fingerprint density at radius 1 is 1.09 bits per heavy atom. The number of hydrogen-bond donors (Lipinski definition) is 0. The molecule has 2 heterocycles. The SMILES string of the molecule is CCN(Cc1cccc(F)c1)C(=O)C1CCN(S(=O)(=O)c2ccc3c(c2)OCCO3)CC1. The summed E-state index contributed by atoms with van der Waals surface area (Å²) in [4.78, 5) is 14.9. The zero-order valence-electron chi connectivity index (χ0n) is 18.0. The predicted octanol–water partition coefficient (Wildman–Crippen LogP) is 3.05. The van der Waals surface area contributed by atoms with Gasteiger partial charge in [-0.2, -0.15) is 4.31 Å². The number of ether oxygens (including phenoxy) is 2. The molecule has 0 saturated carbocycles. The second-order valence-electron chi connectivity index (χ2n) is 7.97. The highest BCUT2D eigenvalue weighted by Gasteiger charge is 2.34. The molecule has 0 aliphatic carbocycles. The molecule has 1 amide bonds. The van der Waals surface area contributed by atoms with E-state index in [4.69, 9.17) is 9.47 Å². The van der Waals surface area contributed by atoms with Crippen molar-refractivity contribution in [3.05, 3.63) is 53.8 Å². The summed E-state index contributed by atoms with van der Waals surface area (Å²) >= 11 is 0. The van der Waals surface area contributed by atoms with Crippen molar-refractivity contribution in [2.24, 2.45) is 5.92 Å². The zero-order chi connectivity index (χ0) is 22.7. The summed E-state index contributed by atoms with van der Waals surface area (Å²) in [7, 11) is -3.69. The van der Waals surface area contributed by atoms with Crippen molar-refractivity contribution in [2.45, 2.75) is 31.2 Å². The van der Waals surface area contributed by atoms with Gasteiger partial charge in [-0.05, 0) is 49.6 Å². The first-order valence-corrected chi connectivity index (χ1v) is 12.3. The number of rotatable bonds is 6. The van der Waals surface area contributed by atoms with Crippen LogP contribution in [-0.2, 0) is 21.4 Å². The minimum Gasteiger partial charge on any atom is -0.486 e. The summed E-state index contributed by atoms with van der Waals surface area (Å²) in [5.41, 5.74) is 0.735. The average Bonchev–Trinajstić information content (AvgIpc) is 2.82. The number of carbonyl (C=O) groups is 1. The molecule has 1 fully saturated rings. The standard InChI is InChI=1S/C23H27FN2O5S/c1-2-25(16-17-4-3-5-19(24)14-17)23(27)18-8-10-26(11-9-18)32(28,29)20-6-7-21-22(15-20)31-13-12-30-21/h3-7,14-15,18H,2,8-13,16H2,1H3. The highest BCUT2D eigenvalue weighted by atomic mass is 32.2. The summed E-state index contributed by atoms with van der Waals surface area (Å²) in [6, 6.07) is 10.9. The van der Waals surface area contributed by atoms with Gasteiger partial charge >= 0.3 is 0 Å². The summed E-state index contributed by atoms with van der Waals surface area (Å²) in [6.45, 7) is 4.09. The number of amides is 1. The molecule has 2 aliphatic heterocycles. The molecule has 7 nitrogen and oxygen atoms in total. The molecule has 172 valence electrons. The lowest BCUT2D eigenvalue weighted by molar-refractivity contribution is -0.137. The molecular weight excluding hydrogens is 435 g/mol. The van der Waals surface area contributed by atoms with Gasteiger partial charge in [-0.1, -0.05) is 12.1 Å². The van der Waals surface area contributed by atoms with Crippen molar-refractivity contribution in [1.29, 1.82) is 0 Å². The Morgan fingerprint density at radius 2 is 1.81 bits per heavy atom. The van der Waals surface area contributed by atoms with Crippen LogP contribution in [0.15, 0.2) is 47.4 Å². The molecule has 0 unspecified atom stereocenters. The molecule has 1 saturated heterocycles. The summed E-state index contributed by atoms with van der Waals surface area (Å²) in [5.74, 6) is 0.364. The average molecular weight is 463 g/mol. The second kappa shape index (κ2) is 9.46. The molecule has 0 spiro atoms. The third-order valence-electron chi connectivity index (χ3n) is 5.91. The molecule has 0 bridgehead atoms. The van der Waals surface area contributed by atoms with Crippen LogP contribution in [-0.4, -0.2) is 56.4 Å². The van der Waals surface area contributed by atoms with Crippen molar-refractivity contribution >= 4 is 15.9 Å². The molecule has 0 atom stereocenters. The third-order valence-corrected chi connectivity index (χ3v) is 7.81. The Kier molecular flexibility index (Phi) is 6.66. The predicted molar refractivity (Wildman–Crippen MR) is 116 cm³/mol. The smallest absolute Gasteiger partial charge is 0.243 e. The normalized spacial score (nSPS) is 17.2. The first-order valence-electron chi connectivity index (χ1n) is 10.8. The molecule has 9 heteroatoms. The van der Waals surface area contributed by atoms with E-state index in [1.807, 2.05) is 6.92 Å². The molecule has 0 aromatic heterocycles. The van der Waals surface area contributed by atoms with Crippen molar-refractivity contribution in [2.75, 3.05) is 32.8 Å². The topological polar surface area (TPSA) is 76.2 Å². The number of sulfonamides is 1. The van der Waals surface area contributed by atoms with Gasteiger partial charge in [0.25, 0.3) is 0 Å². The van der Waals surface area contributed by atoms with E-state index in [0.29, 0.717) is 50.6 Å².